The van der Waals surface area contributed by atoms with Crippen LogP contribution in [0.2, 0.25) is 0 Å². The van der Waals surface area contributed by atoms with Crippen molar-refractivity contribution < 1.29 is 14.4 Å². The first kappa shape index (κ1) is 9.85. The number of Topliss-reactive ketones (excluding diaryl/α,β-unsaturated/α-hetero) is 1. The monoisotopic (exact) mass is 184 g/mol. The molecule has 2 amide bonds. The second-order valence-corrected chi connectivity index (χ2v) is 3.09. The molecule has 0 aliphatic carbocycles. The molecule has 0 spiro atoms. The lowest BCUT2D eigenvalue weighted by molar-refractivity contribution is -0.134. The van der Waals surface area contributed by atoms with Gasteiger partial charge >= 0.3 is 0 Å². The van der Waals surface area contributed by atoms with Crippen molar-refractivity contribution in [1.82, 2.24) is 10.6 Å². The minimum atomic E-state index is -0.401. The highest BCUT2D eigenvalue weighted by molar-refractivity contribution is 6.00. The number of imide groups is 1. The van der Waals surface area contributed by atoms with Crippen LogP contribution in [-0.4, -0.2) is 30.2 Å². The lowest BCUT2D eigenvalue weighted by Gasteiger charge is -2.21. The molecular formula is C8H12N2O3. The third-order valence-corrected chi connectivity index (χ3v) is 1.84. The summed E-state index contributed by atoms with van der Waals surface area (Å²) in [6.45, 7) is 1.62. The molecule has 1 saturated heterocycles. The zero-order chi connectivity index (χ0) is 9.84. The molecule has 0 saturated carbocycles. The number of carbonyl (C=O) groups is 3. The molecule has 1 fully saturated rings. The Morgan fingerprint density at radius 3 is 2.85 bits per heavy atom. The van der Waals surface area contributed by atoms with Crippen LogP contribution in [0.5, 0.6) is 0 Å². The van der Waals surface area contributed by atoms with E-state index in [9.17, 15) is 14.4 Å². The Balaban J connectivity index is 2.38. The summed E-state index contributed by atoms with van der Waals surface area (Å²) in [7, 11) is 0. The maximum Gasteiger partial charge on any atom is 0.243 e. The van der Waals surface area contributed by atoms with Crippen molar-refractivity contribution in [3.8, 4) is 0 Å². The third kappa shape index (κ3) is 2.95. The molecule has 1 heterocycles. The second kappa shape index (κ2) is 4.13. The van der Waals surface area contributed by atoms with Crippen LogP contribution < -0.4 is 10.6 Å². The van der Waals surface area contributed by atoms with E-state index in [0.717, 1.165) is 0 Å². The van der Waals surface area contributed by atoms with E-state index in [-0.39, 0.29) is 24.1 Å². The standard InChI is InChI=1S/C8H12N2O3/c1-5(11)4-9-6-2-3-7(12)10-8(6)13/h6,9H,2-4H2,1H3,(H,10,12,13). The molecule has 1 aliphatic heterocycles. The molecule has 72 valence electrons. The van der Waals surface area contributed by atoms with Gasteiger partial charge in [-0.25, -0.2) is 0 Å². The maximum absolute atomic E-state index is 11.1. The van der Waals surface area contributed by atoms with Gasteiger partial charge in [0.1, 0.15) is 5.78 Å². The molecule has 1 aliphatic rings. The van der Waals surface area contributed by atoms with Crippen molar-refractivity contribution in [3.63, 3.8) is 0 Å². The summed E-state index contributed by atoms with van der Waals surface area (Å²) in [5.41, 5.74) is 0. The van der Waals surface area contributed by atoms with E-state index in [0.29, 0.717) is 12.8 Å². The first-order valence-electron chi connectivity index (χ1n) is 4.16. The van der Waals surface area contributed by atoms with E-state index in [1.807, 2.05) is 0 Å². The van der Waals surface area contributed by atoms with E-state index in [4.69, 9.17) is 0 Å². The van der Waals surface area contributed by atoms with Gasteiger partial charge in [0.05, 0.1) is 12.6 Å². The van der Waals surface area contributed by atoms with E-state index in [2.05, 4.69) is 10.6 Å². The molecule has 13 heavy (non-hydrogen) atoms. The summed E-state index contributed by atoms with van der Waals surface area (Å²) in [5.74, 6) is -0.604. The van der Waals surface area contributed by atoms with Crippen molar-refractivity contribution in [2.24, 2.45) is 0 Å². The summed E-state index contributed by atoms with van der Waals surface area (Å²) in [6, 6.07) is -0.401. The number of hydrogen-bond acceptors (Lipinski definition) is 4. The highest BCUT2D eigenvalue weighted by Crippen LogP contribution is 2.03. The van der Waals surface area contributed by atoms with Gasteiger partial charge in [0.15, 0.2) is 0 Å². The molecule has 0 bridgehead atoms. The number of nitrogens with one attached hydrogen (secondary N) is 2. The predicted octanol–water partition coefficient (Wildman–Crippen LogP) is -1.03. The van der Waals surface area contributed by atoms with Crippen molar-refractivity contribution in [2.45, 2.75) is 25.8 Å². The molecule has 1 unspecified atom stereocenters. The first-order chi connectivity index (χ1) is 6.09. The predicted molar refractivity (Wildman–Crippen MR) is 44.9 cm³/mol. The Bertz CT molecular complexity index is 250. The molecule has 2 N–H and O–H groups in total. The summed E-state index contributed by atoms with van der Waals surface area (Å²) >= 11 is 0. The van der Waals surface area contributed by atoms with Crippen LogP contribution in [0.15, 0.2) is 0 Å². The summed E-state index contributed by atoms with van der Waals surface area (Å²) < 4.78 is 0. The molecular weight excluding hydrogens is 172 g/mol. The lowest BCUT2D eigenvalue weighted by atomic mass is 10.1. The number of hydrogen-bond donors (Lipinski definition) is 2. The van der Waals surface area contributed by atoms with Crippen LogP contribution in [0.3, 0.4) is 0 Å². The van der Waals surface area contributed by atoms with Gasteiger partial charge in [0, 0.05) is 6.42 Å². The SMILES string of the molecule is CC(=O)CNC1CCC(=O)NC1=O. The number of piperidine rings is 1. The van der Waals surface area contributed by atoms with Crippen LogP contribution in [0.1, 0.15) is 19.8 Å². The topological polar surface area (TPSA) is 75.3 Å². The van der Waals surface area contributed by atoms with E-state index in [1.54, 1.807) is 0 Å². The van der Waals surface area contributed by atoms with Crippen LogP contribution in [0, 0.1) is 0 Å². The van der Waals surface area contributed by atoms with Crippen LogP contribution in [0.25, 0.3) is 0 Å². The van der Waals surface area contributed by atoms with Gasteiger partial charge in [0.25, 0.3) is 0 Å². The zero-order valence-corrected chi connectivity index (χ0v) is 7.42. The van der Waals surface area contributed by atoms with Crippen LogP contribution in [0.4, 0.5) is 0 Å². The van der Waals surface area contributed by atoms with Crippen LogP contribution in [-0.2, 0) is 14.4 Å². The molecule has 5 heteroatoms. The minimum absolute atomic E-state index is 0.0234. The Hall–Kier alpha value is -1.23. The third-order valence-electron chi connectivity index (χ3n) is 1.84. The number of amides is 2. The molecule has 0 aromatic rings. The number of rotatable bonds is 3. The Morgan fingerprint density at radius 1 is 1.62 bits per heavy atom. The molecule has 0 radical (unpaired) electrons. The van der Waals surface area contributed by atoms with Gasteiger partial charge < -0.3 is 0 Å². The highest BCUT2D eigenvalue weighted by atomic mass is 16.2. The summed E-state index contributed by atoms with van der Waals surface area (Å²) in [4.78, 5) is 32.4. The normalized spacial score (nSPS) is 22.7. The number of ketones is 1. The van der Waals surface area contributed by atoms with Crippen molar-refractivity contribution in [2.75, 3.05) is 6.54 Å². The van der Waals surface area contributed by atoms with Gasteiger partial charge in [-0.15, -0.1) is 0 Å². The maximum atomic E-state index is 11.1. The Labute approximate surface area is 75.9 Å². The first-order valence-corrected chi connectivity index (χ1v) is 4.16. The molecule has 1 atom stereocenters. The lowest BCUT2D eigenvalue weighted by Crippen LogP contribution is -2.51. The second-order valence-electron chi connectivity index (χ2n) is 3.09. The molecule has 5 nitrogen and oxygen atoms in total. The minimum Gasteiger partial charge on any atom is -0.299 e. The number of carbonyl (C=O) groups excluding carboxylic acids is 3. The van der Waals surface area contributed by atoms with Gasteiger partial charge in [-0.2, -0.15) is 0 Å². The van der Waals surface area contributed by atoms with E-state index >= 15 is 0 Å². The average Bonchev–Trinajstić information content (AvgIpc) is 2.02. The molecule has 0 aromatic heterocycles. The van der Waals surface area contributed by atoms with Gasteiger partial charge in [-0.05, 0) is 13.3 Å². The largest absolute Gasteiger partial charge is 0.299 e. The molecule has 0 aromatic carbocycles. The van der Waals surface area contributed by atoms with Gasteiger partial charge in [0.2, 0.25) is 11.8 Å². The van der Waals surface area contributed by atoms with Crippen molar-refractivity contribution in [3.05, 3.63) is 0 Å². The average molecular weight is 184 g/mol. The van der Waals surface area contributed by atoms with Crippen molar-refractivity contribution >= 4 is 17.6 Å². The van der Waals surface area contributed by atoms with Crippen molar-refractivity contribution in [1.29, 1.82) is 0 Å². The van der Waals surface area contributed by atoms with Gasteiger partial charge in [-0.3, -0.25) is 25.0 Å². The fraction of sp³-hybridized carbons (Fsp3) is 0.625. The van der Waals surface area contributed by atoms with E-state index < -0.39 is 6.04 Å². The highest BCUT2D eigenvalue weighted by Gasteiger charge is 2.25. The molecule has 1 rings (SSSR count). The Kier molecular flexibility index (Phi) is 3.13. The smallest absolute Gasteiger partial charge is 0.243 e. The zero-order valence-electron chi connectivity index (χ0n) is 7.42. The summed E-state index contributed by atoms with van der Waals surface area (Å²) in [5, 5.41) is 4.98. The van der Waals surface area contributed by atoms with Gasteiger partial charge in [-0.1, -0.05) is 0 Å². The van der Waals surface area contributed by atoms with Crippen LogP contribution >= 0.6 is 0 Å². The fourth-order valence-electron chi connectivity index (χ4n) is 1.16. The summed E-state index contributed by atoms with van der Waals surface area (Å²) in [6.07, 6.45) is 0.805. The quantitative estimate of drug-likeness (QED) is 0.550. The Morgan fingerprint density at radius 2 is 2.31 bits per heavy atom. The fourth-order valence-corrected chi connectivity index (χ4v) is 1.16. The van der Waals surface area contributed by atoms with E-state index in [1.165, 1.54) is 6.92 Å².